The van der Waals surface area contributed by atoms with E-state index in [4.69, 9.17) is 16.9 Å². The molecule has 84 valence electrons. The van der Waals surface area contributed by atoms with Gasteiger partial charge in [0.25, 0.3) is 0 Å². The Hall–Kier alpha value is -1.60. The highest BCUT2D eigenvalue weighted by Crippen LogP contribution is 2.04. The molecule has 4 nitrogen and oxygen atoms in total. The second-order valence-corrected chi connectivity index (χ2v) is 3.49. The number of halogens is 1. The highest BCUT2D eigenvalue weighted by atomic mass is 35.5. The summed E-state index contributed by atoms with van der Waals surface area (Å²) in [6.07, 6.45) is 3.68. The summed E-state index contributed by atoms with van der Waals surface area (Å²) in [5, 5.41) is 8.50. The van der Waals surface area contributed by atoms with Crippen molar-refractivity contribution >= 4 is 17.5 Å². The lowest BCUT2D eigenvalue weighted by Crippen LogP contribution is -2.32. The number of hydrogen-bond acceptors (Lipinski definition) is 3. The van der Waals surface area contributed by atoms with Crippen LogP contribution in [0.1, 0.15) is 12.0 Å². The van der Waals surface area contributed by atoms with Crippen LogP contribution in [0.15, 0.2) is 24.5 Å². The zero-order chi connectivity index (χ0) is 11.8. The summed E-state index contributed by atoms with van der Waals surface area (Å²) in [6.45, 7) is 0.845. The Morgan fingerprint density at radius 1 is 1.62 bits per heavy atom. The molecule has 5 heteroatoms. The van der Waals surface area contributed by atoms with Gasteiger partial charge in [0.05, 0.1) is 12.5 Å². The van der Waals surface area contributed by atoms with Crippen LogP contribution in [-0.2, 0) is 11.3 Å². The van der Waals surface area contributed by atoms with Crippen LogP contribution in [0.5, 0.6) is 0 Å². The van der Waals surface area contributed by atoms with Crippen LogP contribution in [0, 0.1) is 11.3 Å². The largest absolute Gasteiger partial charge is 0.336 e. The molecule has 1 amide bonds. The van der Waals surface area contributed by atoms with Crippen molar-refractivity contribution in [3.63, 3.8) is 0 Å². The highest BCUT2D eigenvalue weighted by molar-refractivity contribution is 6.27. The van der Waals surface area contributed by atoms with Gasteiger partial charge in [-0.05, 0) is 11.6 Å². The maximum atomic E-state index is 11.5. The first kappa shape index (κ1) is 12.5. The predicted molar refractivity (Wildman–Crippen MR) is 60.6 cm³/mol. The molecule has 1 rings (SSSR count). The van der Waals surface area contributed by atoms with E-state index < -0.39 is 0 Å². The second-order valence-electron chi connectivity index (χ2n) is 3.22. The van der Waals surface area contributed by atoms with E-state index in [1.54, 1.807) is 17.3 Å². The Labute approximate surface area is 99.5 Å². The Balaban J connectivity index is 2.64. The molecule has 1 heterocycles. The fourth-order valence-electron chi connectivity index (χ4n) is 1.27. The maximum Gasteiger partial charge on any atom is 0.237 e. The van der Waals surface area contributed by atoms with Crippen molar-refractivity contribution < 1.29 is 4.79 Å². The van der Waals surface area contributed by atoms with Gasteiger partial charge in [-0.25, -0.2) is 0 Å². The van der Waals surface area contributed by atoms with Crippen LogP contribution < -0.4 is 0 Å². The molecule has 1 aromatic rings. The molecule has 0 atom stereocenters. The normalized spacial score (nSPS) is 9.50. The summed E-state index contributed by atoms with van der Waals surface area (Å²) >= 11 is 5.50. The number of alkyl halides is 1. The minimum atomic E-state index is -0.166. The van der Waals surface area contributed by atoms with Crippen LogP contribution in [0.25, 0.3) is 0 Å². The number of pyridine rings is 1. The summed E-state index contributed by atoms with van der Waals surface area (Å²) in [6, 6.07) is 5.70. The highest BCUT2D eigenvalue weighted by Gasteiger charge is 2.12. The number of carbonyl (C=O) groups excluding carboxylic acids is 1. The van der Waals surface area contributed by atoms with Gasteiger partial charge < -0.3 is 4.90 Å². The lowest BCUT2D eigenvalue weighted by Gasteiger charge is -2.20. The first-order valence-corrected chi connectivity index (χ1v) is 5.41. The van der Waals surface area contributed by atoms with E-state index in [2.05, 4.69) is 4.98 Å². The standard InChI is InChI=1S/C11H12ClN3O/c12-7-11(16)15(6-2-4-13)9-10-3-1-5-14-8-10/h1,3,5,8H,2,6-7,9H2. The van der Waals surface area contributed by atoms with Gasteiger partial charge in [0.2, 0.25) is 5.91 Å². The van der Waals surface area contributed by atoms with E-state index in [1.807, 2.05) is 18.2 Å². The smallest absolute Gasteiger partial charge is 0.237 e. The van der Waals surface area contributed by atoms with Gasteiger partial charge in [0, 0.05) is 25.5 Å². The molecule has 0 N–H and O–H groups in total. The molecule has 0 aromatic carbocycles. The molecule has 0 spiro atoms. The number of aromatic nitrogens is 1. The molecule has 0 saturated carbocycles. The first-order valence-electron chi connectivity index (χ1n) is 4.87. The summed E-state index contributed by atoms with van der Waals surface area (Å²) in [4.78, 5) is 17.0. The number of rotatable bonds is 5. The van der Waals surface area contributed by atoms with Crippen molar-refractivity contribution in [1.82, 2.24) is 9.88 Å². The number of hydrogen-bond donors (Lipinski definition) is 0. The third-order valence-corrected chi connectivity index (χ3v) is 2.29. The molecule has 0 bridgehead atoms. The Morgan fingerprint density at radius 3 is 3.00 bits per heavy atom. The summed E-state index contributed by atoms with van der Waals surface area (Å²) < 4.78 is 0. The number of nitriles is 1. The molecular formula is C11H12ClN3O. The third-order valence-electron chi connectivity index (χ3n) is 2.06. The van der Waals surface area contributed by atoms with Gasteiger partial charge in [-0.15, -0.1) is 11.6 Å². The monoisotopic (exact) mass is 237 g/mol. The lowest BCUT2D eigenvalue weighted by atomic mass is 10.2. The SMILES string of the molecule is N#CCCN(Cc1cccnc1)C(=O)CCl. The Morgan fingerprint density at radius 2 is 2.44 bits per heavy atom. The van der Waals surface area contributed by atoms with E-state index in [0.717, 1.165) is 5.56 Å². The van der Waals surface area contributed by atoms with Crippen molar-refractivity contribution in [2.75, 3.05) is 12.4 Å². The molecule has 0 aliphatic heterocycles. The quantitative estimate of drug-likeness (QED) is 0.731. The van der Waals surface area contributed by atoms with Crippen molar-refractivity contribution in [3.8, 4) is 6.07 Å². The molecule has 0 aliphatic carbocycles. The van der Waals surface area contributed by atoms with Gasteiger partial charge >= 0.3 is 0 Å². The van der Waals surface area contributed by atoms with Crippen molar-refractivity contribution in [3.05, 3.63) is 30.1 Å². The predicted octanol–water partition coefficient (Wildman–Crippen LogP) is 1.56. The molecule has 0 radical (unpaired) electrons. The number of amides is 1. The third kappa shape index (κ3) is 3.87. The van der Waals surface area contributed by atoms with Gasteiger partial charge in [-0.2, -0.15) is 5.26 Å². The van der Waals surface area contributed by atoms with Gasteiger partial charge in [-0.1, -0.05) is 6.07 Å². The van der Waals surface area contributed by atoms with E-state index in [0.29, 0.717) is 19.5 Å². The Bertz CT molecular complexity index is 375. The first-order chi connectivity index (χ1) is 7.77. The summed E-state index contributed by atoms with van der Waals surface area (Å²) in [5.41, 5.74) is 0.930. The van der Waals surface area contributed by atoms with Crippen LogP contribution in [0.2, 0.25) is 0 Å². The summed E-state index contributed by atoms with van der Waals surface area (Å²) in [5.74, 6) is -0.230. The average Bonchev–Trinajstić information content (AvgIpc) is 2.34. The minimum Gasteiger partial charge on any atom is -0.336 e. The minimum absolute atomic E-state index is 0.0638. The topological polar surface area (TPSA) is 57.0 Å². The number of nitrogens with zero attached hydrogens (tertiary/aromatic N) is 3. The fourth-order valence-corrected chi connectivity index (χ4v) is 1.44. The second kappa shape index (κ2) is 6.81. The molecule has 1 aromatic heterocycles. The summed E-state index contributed by atoms with van der Waals surface area (Å²) in [7, 11) is 0. The van der Waals surface area contributed by atoms with E-state index in [9.17, 15) is 4.79 Å². The van der Waals surface area contributed by atoms with Crippen LogP contribution in [-0.4, -0.2) is 28.2 Å². The van der Waals surface area contributed by atoms with Crippen molar-refractivity contribution in [2.24, 2.45) is 0 Å². The van der Waals surface area contributed by atoms with E-state index in [1.165, 1.54) is 0 Å². The number of carbonyl (C=O) groups is 1. The Kier molecular flexibility index (Phi) is 5.30. The van der Waals surface area contributed by atoms with Gasteiger partial charge in [0.1, 0.15) is 5.88 Å². The molecule has 0 saturated heterocycles. The van der Waals surface area contributed by atoms with Crippen molar-refractivity contribution in [2.45, 2.75) is 13.0 Å². The zero-order valence-corrected chi connectivity index (χ0v) is 9.52. The zero-order valence-electron chi connectivity index (χ0n) is 8.77. The van der Waals surface area contributed by atoms with Gasteiger partial charge in [0.15, 0.2) is 0 Å². The molecular weight excluding hydrogens is 226 g/mol. The molecule has 0 fully saturated rings. The molecule has 0 unspecified atom stereocenters. The van der Waals surface area contributed by atoms with Crippen LogP contribution in [0.4, 0.5) is 0 Å². The van der Waals surface area contributed by atoms with Gasteiger partial charge in [-0.3, -0.25) is 9.78 Å². The fraction of sp³-hybridized carbons (Fsp3) is 0.364. The van der Waals surface area contributed by atoms with Crippen LogP contribution in [0.3, 0.4) is 0 Å². The maximum absolute atomic E-state index is 11.5. The molecule has 0 aliphatic rings. The lowest BCUT2D eigenvalue weighted by molar-refractivity contribution is -0.129. The van der Waals surface area contributed by atoms with E-state index >= 15 is 0 Å². The average molecular weight is 238 g/mol. The van der Waals surface area contributed by atoms with Crippen molar-refractivity contribution in [1.29, 1.82) is 5.26 Å². The molecule has 16 heavy (non-hydrogen) atoms. The van der Waals surface area contributed by atoms with Crippen LogP contribution >= 0.6 is 11.6 Å². The van der Waals surface area contributed by atoms with E-state index in [-0.39, 0.29) is 11.8 Å².